The minimum atomic E-state index is -3.22. The zero-order valence-corrected chi connectivity index (χ0v) is 22.9. The van der Waals surface area contributed by atoms with Gasteiger partial charge in [0.2, 0.25) is 0 Å². The topological polar surface area (TPSA) is 76.1 Å². The van der Waals surface area contributed by atoms with Crippen LogP contribution < -0.4 is 10.4 Å². The Hall–Kier alpha value is -2.64. The minimum Gasteiger partial charge on any atom is -0.467 e. The van der Waals surface area contributed by atoms with E-state index >= 15 is 0 Å². The van der Waals surface area contributed by atoms with E-state index in [2.05, 4.69) is 13.8 Å². The summed E-state index contributed by atoms with van der Waals surface area (Å²) in [6, 6.07) is 19.0. The first-order chi connectivity index (χ1) is 16.3. The van der Waals surface area contributed by atoms with Gasteiger partial charge >= 0.3 is 12.1 Å². The van der Waals surface area contributed by atoms with Crippen molar-refractivity contribution < 1.29 is 23.9 Å². The molecular weight excluding hydrogens is 458 g/mol. The molecule has 0 bridgehead atoms. The summed E-state index contributed by atoms with van der Waals surface area (Å²) in [6.45, 7) is 12.0. The predicted molar refractivity (Wildman–Crippen MR) is 140 cm³/mol. The monoisotopic (exact) mass is 497 g/mol. The van der Waals surface area contributed by atoms with Crippen LogP contribution in [0.4, 0.5) is 4.79 Å². The van der Waals surface area contributed by atoms with E-state index in [1.807, 2.05) is 88.4 Å². The Bertz CT molecular complexity index is 979. The van der Waals surface area contributed by atoms with E-state index in [1.54, 1.807) is 0 Å². The van der Waals surface area contributed by atoms with E-state index in [9.17, 15) is 14.4 Å². The van der Waals surface area contributed by atoms with Crippen LogP contribution in [0.3, 0.4) is 0 Å². The molecule has 0 aliphatic carbocycles. The van der Waals surface area contributed by atoms with Gasteiger partial charge in [0.15, 0.2) is 0 Å². The normalized spacial score (nSPS) is 21.0. The number of benzene rings is 2. The van der Waals surface area contributed by atoms with Gasteiger partial charge in [-0.25, -0.2) is 9.59 Å². The molecule has 1 amide bonds. The van der Waals surface area contributed by atoms with E-state index in [1.165, 1.54) is 12.0 Å². The lowest BCUT2D eigenvalue weighted by atomic mass is 9.85. The molecule has 35 heavy (non-hydrogen) atoms. The van der Waals surface area contributed by atoms with E-state index in [4.69, 9.17) is 9.47 Å². The first-order valence-corrected chi connectivity index (χ1v) is 14.2. The Morgan fingerprint density at radius 1 is 0.971 bits per heavy atom. The zero-order chi connectivity index (χ0) is 26.0. The maximum atomic E-state index is 13.0. The lowest BCUT2D eigenvalue weighted by molar-refractivity contribution is -0.147. The molecule has 3 atom stereocenters. The molecule has 6 nitrogen and oxygen atoms in total. The molecule has 1 aliphatic heterocycles. The third-order valence-electron chi connectivity index (χ3n) is 7.21. The highest BCUT2D eigenvalue weighted by Crippen LogP contribution is 2.46. The Morgan fingerprint density at radius 2 is 1.46 bits per heavy atom. The van der Waals surface area contributed by atoms with E-state index < -0.39 is 37.1 Å². The average Bonchev–Trinajstić information content (AvgIpc) is 3.13. The van der Waals surface area contributed by atoms with E-state index in [0.717, 1.165) is 10.4 Å². The Morgan fingerprint density at radius 3 is 1.89 bits per heavy atom. The van der Waals surface area contributed by atoms with Gasteiger partial charge in [-0.2, -0.15) is 0 Å². The first-order valence-electron chi connectivity index (χ1n) is 12.2. The Labute approximate surface area is 210 Å². The minimum absolute atomic E-state index is 0.0203. The standard InChI is InChI=1S/C28H39NO5Si/c1-20-21(19-29(24(20)25(30)33-7)26(31)34-27(2,3)4)18-28(5,6)35(32,22-14-10-8-11-15-22)23-16-12-9-13-17-23/h8-17,20-21,24,32H,18-19H2,1-7H3/t20-,21-,24+/m1/s1. The number of hydrogen-bond acceptors (Lipinski definition) is 5. The fourth-order valence-electron chi connectivity index (χ4n) is 5.41. The van der Waals surface area contributed by atoms with Gasteiger partial charge in [-0.15, -0.1) is 0 Å². The maximum absolute atomic E-state index is 13.0. The second-order valence-electron chi connectivity index (χ2n) is 11.3. The third-order valence-corrected chi connectivity index (χ3v) is 11.7. The fraction of sp³-hybridized carbons (Fsp3) is 0.500. The van der Waals surface area contributed by atoms with Crippen LogP contribution in [0.15, 0.2) is 60.7 Å². The van der Waals surface area contributed by atoms with Crippen LogP contribution in [-0.4, -0.2) is 55.4 Å². The van der Waals surface area contributed by atoms with Crippen molar-refractivity contribution in [2.75, 3.05) is 13.7 Å². The van der Waals surface area contributed by atoms with Crippen LogP contribution in [0.25, 0.3) is 0 Å². The number of hydrogen-bond donors (Lipinski definition) is 1. The highest BCUT2D eigenvalue weighted by atomic mass is 28.4. The molecule has 1 heterocycles. The zero-order valence-electron chi connectivity index (χ0n) is 21.9. The SMILES string of the molecule is COC(=O)[C@@H]1[C@H](C)[C@H](CC(C)(C)[Si](O)(c2ccccc2)c2ccccc2)CN1C(=O)OC(C)(C)C. The van der Waals surface area contributed by atoms with Gasteiger partial charge < -0.3 is 14.3 Å². The molecule has 2 aromatic carbocycles. The molecule has 190 valence electrons. The van der Waals surface area contributed by atoms with E-state index in [-0.39, 0.29) is 11.8 Å². The Kier molecular flexibility index (Phi) is 7.82. The van der Waals surface area contributed by atoms with Crippen molar-refractivity contribution in [3.8, 4) is 0 Å². The molecule has 1 saturated heterocycles. The fourth-order valence-corrected chi connectivity index (χ4v) is 9.21. The second-order valence-corrected chi connectivity index (χ2v) is 15.2. The van der Waals surface area contributed by atoms with Crippen LogP contribution in [0.5, 0.6) is 0 Å². The number of methoxy groups -OCH3 is 1. The quantitative estimate of drug-likeness (QED) is 0.483. The first kappa shape index (κ1) is 27.0. The summed E-state index contributed by atoms with van der Waals surface area (Å²) >= 11 is 0. The summed E-state index contributed by atoms with van der Waals surface area (Å²) in [4.78, 5) is 39.8. The van der Waals surface area contributed by atoms with Crippen molar-refractivity contribution in [3.05, 3.63) is 60.7 Å². The van der Waals surface area contributed by atoms with Gasteiger partial charge in [-0.1, -0.05) is 81.4 Å². The van der Waals surface area contributed by atoms with Crippen molar-refractivity contribution in [2.45, 2.75) is 64.6 Å². The number of carbonyl (C=O) groups excluding carboxylic acids is 2. The molecule has 7 heteroatoms. The van der Waals surface area contributed by atoms with Crippen LogP contribution >= 0.6 is 0 Å². The van der Waals surface area contributed by atoms with Gasteiger partial charge in [0.1, 0.15) is 11.6 Å². The molecule has 0 aromatic heterocycles. The maximum Gasteiger partial charge on any atom is 0.411 e. The van der Waals surface area contributed by atoms with Crippen molar-refractivity contribution in [1.82, 2.24) is 4.90 Å². The molecule has 1 fully saturated rings. The number of likely N-dealkylation sites (tertiary alicyclic amines) is 1. The highest BCUT2D eigenvalue weighted by molar-refractivity contribution is 6.98. The van der Waals surface area contributed by atoms with Gasteiger partial charge in [0.25, 0.3) is 8.32 Å². The average molecular weight is 498 g/mol. The molecule has 2 aromatic rings. The third kappa shape index (κ3) is 5.46. The molecule has 1 aliphatic rings. The molecule has 0 unspecified atom stereocenters. The molecule has 0 saturated carbocycles. The lowest BCUT2D eigenvalue weighted by Crippen LogP contribution is -2.65. The predicted octanol–water partition coefficient (Wildman–Crippen LogP) is 3.95. The Balaban J connectivity index is 1.98. The summed E-state index contributed by atoms with van der Waals surface area (Å²) in [7, 11) is -1.88. The number of nitrogens with zero attached hydrogens (tertiary/aromatic N) is 1. The van der Waals surface area contributed by atoms with Gasteiger partial charge in [0.05, 0.1) is 7.11 Å². The number of esters is 1. The van der Waals surface area contributed by atoms with E-state index in [0.29, 0.717) is 13.0 Å². The number of rotatable bonds is 6. The van der Waals surface area contributed by atoms with Gasteiger partial charge in [-0.3, -0.25) is 4.90 Å². The lowest BCUT2D eigenvalue weighted by Gasteiger charge is -2.43. The summed E-state index contributed by atoms with van der Waals surface area (Å²) in [5, 5.41) is 1.38. The summed E-state index contributed by atoms with van der Waals surface area (Å²) in [5.41, 5.74) is -0.674. The molecule has 0 spiro atoms. The number of ether oxygens (including phenoxy) is 2. The molecular formula is C28H39NO5Si. The highest BCUT2D eigenvalue weighted by Gasteiger charge is 2.54. The van der Waals surface area contributed by atoms with Crippen molar-refractivity contribution in [3.63, 3.8) is 0 Å². The van der Waals surface area contributed by atoms with Crippen LogP contribution in [0.1, 0.15) is 48.0 Å². The summed E-state index contributed by atoms with van der Waals surface area (Å²) in [5.74, 6) is -0.616. The van der Waals surface area contributed by atoms with Gasteiger partial charge in [-0.05, 0) is 54.4 Å². The largest absolute Gasteiger partial charge is 0.467 e. The summed E-state index contributed by atoms with van der Waals surface area (Å²) in [6.07, 6.45) is 0.117. The van der Waals surface area contributed by atoms with Crippen LogP contribution in [-0.2, 0) is 14.3 Å². The van der Waals surface area contributed by atoms with Crippen molar-refractivity contribution >= 4 is 30.8 Å². The molecule has 1 N–H and O–H groups in total. The van der Waals surface area contributed by atoms with Gasteiger partial charge in [0, 0.05) is 6.54 Å². The van der Waals surface area contributed by atoms with Crippen molar-refractivity contribution in [1.29, 1.82) is 0 Å². The number of carbonyl (C=O) groups is 2. The second kappa shape index (κ2) is 10.2. The number of amides is 1. The molecule has 0 radical (unpaired) electrons. The summed E-state index contributed by atoms with van der Waals surface area (Å²) < 4.78 is 10.7. The van der Waals surface area contributed by atoms with Crippen molar-refractivity contribution in [2.24, 2.45) is 11.8 Å². The smallest absolute Gasteiger partial charge is 0.411 e. The van der Waals surface area contributed by atoms with Crippen LogP contribution in [0, 0.1) is 11.8 Å². The van der Waals surface area contributed by atoms with Crippen LogP contribution in [0.2, 0.25) is 5.04 Å². The molecule has 3 rings (SSSR count).